The van der Waals surface area contributed by atoms with Crippen molar-refractivity contribution in [3.8, 4) is 6.07 Å². The molecule has 4 nitrogen and oxygen atoms in total. The van der Waals surface area contributed by atoms with Gasteiger partial charge in [0.25, 0.3) is 0 Å². The van der Waals surface area contributed by atoms with Crippen LogP contribution in [0.15, 0.2) is 46.9 Å². The number of fused-ring (bicyclic) bond motifs is 1. The third kappa shape index (κ3) is 2.91. The summed E-state index contributed by atoms with van der Waals surface area (Å²) in [4.78, 5) is 7.11. The normalized spacial score (nSPS) is 18.1. The summed E-state index contributed by atoms with van der Waals surface area (Å²) in [5.74, 6) is 1.22. The van der Waals surface area contributed by atoms with Crippen LogP contribution in [0.4, 0.5) is 0 Å². The predicted octanol–water partition coefficient (Wildman–Crippen LogP) is 4.00. The van der Waals surface area contributed by atoms with E-state index in [9.17, 15) is 0 Å². The number of rotatable bonds is 3. The van der Waals surface area contributed by atoms with Crippen molar-refractivity contribution >= 4 is 11.1 Å². The first kappa shape index (κ1) is 14.9. The highest BCUT2D eigenvalue weighted by Crippen LogP contribution is 2.30. The van der Waals surface area contributed by atoms with Crippen molar-refractivity contribution in [2.75, 3.05) is 13.1 Å². The van der Waals surface area contributed by atoms with Gasteiger partial charge in [-0.05, 0) is 55.3 Å². The van der Waals surface area contributed by atoms with Crippen molar-refractivity contribution in [2.45, 2.75) is 25.8 Å². The van der Waals surface area contributed by atoms with Gasteiger partial charge in [-0.2, -0.15) is 5.26 Å². The Morgan fingerprint density at radius 1 is 1.25 bits per heavy atom. The minimum atomic E-state index is 0.357. The van der Waals surface area contributed by atoms with E-state index in [1.165, 1.54) is 11.1 Å². The molecule has 1 fully saturated rings. The molecule has 3 aromatic rings. The minimum absolute atomic E-state index is 0.357. The Labute approximate surface area is 141 Å². The van der Waals surface area contributed by atoms with Gasteiger partial charge in [0.15, 0.2) is 11.5 Å². The van der Waals surface area contributed by atoms with E-state index in [1.54, 1.807) is 0 Å². The Hall–Kier alpha value is -2.64. The number of nitrogens with zero attached hydrogens (tertiary/aromatic N) is 3. The summed E-state index contributed by atoms with van der Waals surface area (Å²) in [6, 6.07) is 16.1. The van der Waals surface area contributed by atoms with Gasteiger partial charge in [0.1, 0.15) is 5.52 Å². The van der Waals surface area contributed by atoms with Crippen molar-refractivity contribution in [1.82, 2.24) is 9.88 Å². The van der Waals surface area contributed by atoms with Gasteiger partial charge in [-0.25, -0.2) is 4.98 Å². The second-order valence-corrected chi connectivity index (χ2v) is 6.55. The second kappa shape index (κ2) is 6.10. The average molecular weight is 317 g/mol. The van der Waals surface area contributed by atoms with E-state index in [-0.39, 0.29) is 0 Å². The van der Waals surface area contributed by atoms with Crippen LogP contribution in [-0.4, -0.2) is 23.0 Å². The third-order valence-electron chi connectivity index (χ3n) is 4.67. The van der Waals surface area contributed by atoms with E-state index < -0.39 is 0 Å². The average Bonchev–Trinajstić information content (AvgIpc) is 3.21. The molecule has 4 heteroatoms. The van der Waals surface area contributed by atoms with Crippen LogP contribution in [0.1, 0.15) is 34.9 Å². The molecular weight excluding hydrogens is 298 g/mol. The van der Waals surface area contributed by atoms with Crippen LogP contribution in [0.25, 0.3) is 11.1 Å². The fourth-order valence-corrected chi connectivity index (χ4v) is 3.35. The highest BCUT2D eigenvalue weighted by Gasteiger charge is 2.27. The monoisotopic (exact) mass is 317 g/mol. The van der Waals surface area contributed by atoms with Crippen molar-refractivity contribution < 1.29 is 4.42 Å². The van der Waals surface area contributed by atoms with E-state index in [1.807, 2.05) is 30.3 Å². The zero-order chi connectivity index (χ0) is 16.5. The molecule has 0 aliphatic carbocycles. The molecule has 0 unspecified atom stereocenters. The highest BCUT2D eigenvalue weighted by molar-refractivity contribution is 5.73. The van der Waals surface area contributed by atoms with E-state index >= 15 is 0 Å². The summed E-state index contributed by atoms with van der Waals surface area (Å²) in [6.45, 7) is 4.98. The lowest BCUT2D eigenvalue weighted by Crippen LogP contribution is -2.19. The molecule has 1 atom stereocenters. The molecule has 0 bridgehead atoms. The Kier molecular flexibility index (Phi) is 3.79. The van der Waals surface area contributed by atoms with Crippen molar-refractivity contribution in [1.29, 1.82) is 5.26 Å². The Bertz CT molecular complexity index is 905. The SMILES string of the molecule is Cc1ccc2oc([C@H]3CCN(Cc4ccc(C#N)cc4)C3)nc2c1. The fourth-order valence-electron chi connectivity index (χ4n) is 3.35. The maximum absolute atomic E-state index is 8.87. The standard InChI is InChI=1S/C20H19N3O/c1-14-2-7-19-18(10-14)22-20(24-19)17-8-9-23(13-17)12-16-5-3-15(11-21)4-6-16/h2-7,10,17H,8-9,12-13H2,1H3/t17-/m0/s1. The third-order valence-corrected chi connectivity index (χ3v) is 4.67. The Balaban J connectivity index is 1.46. The van der Waals surface area contributed by atoms with Crippen LogP contribution in [0.5, 0.6) is 0 Å². The maximum Gasteiger partial charge on any atom is 0.199 e. The van der Waals surface area contributed by atoms with E-state index in [2.05, 4.69) is 30.0 Å². The molecule has 0 saturated carbocycles. The fraction of sp³-hybridized carbons (Fsp3) is 0.300. The van der Waals surface area contributed by atoms with Crippen LogP contribution in [-0.2, 0) is 6.54 Å². The number of oxazole rings is 1. The number of aromatic nitrogens is 1. The zero-order valence-corrected chi connectivity index (χ0v) is 13.7. The first-order chi connectivity index (χ1) is 11.7. The summed E-state index contributed by atoms with van der Waals surface area (Å²) in [5.41, 5.74) is 4.98. The molecule has 1 aliphatic heterocycles. The van der Waals surface area contributed by atoms with Crippen LogP contribution in [0, 0.1) is 18.3 Å². The number of hydrogen-bond donors (Lipinski definition) is 0. The van der Waals surface area contributed by atoms with Crippen LogP contribution < -0.4 is 0 Å². The molecule has 0 spiro atoms. The van der Waals surface area contributed by atoms with Gasteiger partial charge in [0, 0.05) is 19.0 Å². The predicted molar refractivity (Wildman–Crippen MR) is 92.5 cm³/mol. The quantitative estimate of drug-likeness (QED) is 0.733. The van der Waals surface area contributed by atoms with Gasteiger partial charge in [-0.3, -0.25) is 4.90 Å². The first-order valence-corrected chi connectivity index (χ1v) is 8.30. The first-order valence-electron chi connectivity index (χ1n) is 8.30. The van der Waals surface area contributed by atoms with E-state index in [0.717, 1.165) is 43.0 Å². The van der Waals surface area contributed by atoms with Gasteiger partial charge < -0.3 is 4.42 Å². The van der Waals surface area contributed by atoms with Crippen molar-refractivity contribution in [3.05, 3.63) is 65.0 Å². The van der Waals surface area contributed by atoms with Gasteiger partial charge in [0.05, 0.1) is 11.6 Å². The lowest BCUT2D eigenvalue weighted by molar-refractivity contribution is 0.321. The number of benzene rings is 2. The molecule has 2 heterocycles. The van der Waals surface area contributed by atoms with Gasteiger partial charge in [-0.1, -0.05) is 18.2 Å². The molecule has 0 N–H and O–H groups in total. The van der Waals surface area contributed by atoms with Gasteiger partial charge in [0.2, 0.25) is 0 Å². The van der Waals surface area contributed by atoms with E-state index in [4.69, 9.17) is 14.7 Å². The minimum Gasteiger partial charge on any atom is -0.440 e. The summed E-state index contributed by atoms with van der Waals surface area (Å²) in [7, 11) is 0. The molecule has 4 rings (SSSR count). The number of hydrogen-bond acceptors (Lipinski definition) is 4. The second-order valence-electron chi connectivity index (χ2n) is 6.55. The summed E-state index contributed by atoms with van der Waals surface area (Å²) in [5, 5.41) is 8.87. The molecule has 120 valence electrons. The largest absolute Gasteiger partial charge is 0.440 e. The summed E-state index contributed by atoms with van der Waals surface area (Å²) >= 11 is 0. The number of likely N-dealkylation sites (tertiary alicyclic amines) is 1. The molecule has 2 aromatic carbocycles. The molecular formula is C20H19N3O. The van der Waals surface area contributed by atoms with E-state index in [0.29, 0.717) is 11.5 Å². The Morgan fingerprint density at radius 3 is 2.88 bits per heavy atom. The number of nitriles is 1. The summed E-state index contributed by atoms with van der Waals surface area (Å²) < 4.78 is 5.96. The maximum atomic E-state index is 8.87. The Morgan fingerprint density at radius 2 is 2.08 bits per heavy atom. The van der Waals surface area contributed by atoms with Crippen LogP contribution >= 0.6 is 0 Å². The molecule has 1 aliphatic rings. The van der Waals surface area contributed by atoms with Gasteiger partial charge in [-0.15, -0.1) is 0 Å². The zero-order valence-electron chi connectivity index (χ0n) is 13.7. The lowest BCUT2D eigenvalue weighted by atomic mass is 10.1. The molecule has 1 saturated heterocycles. The molecule has 24 heavy (non-hydrogen) atoms. The van der Waals surface area contributed by atoms with Crippen LogP contribution in [0.2, 0.25) is 0 Å². The van der Waals surface area contributed by atoms with Gasteiger partial charge >= 0.3 is 0 Å². The molecule has 0 radical (unpaired) electrons. The highest BCUT2D eigenvalue weighted by atomic mass is 16.3. The summed E-state index contributed by atoms with van der Waals surface area (Å²) in [6.07, 6.45) is 1.07. The number of aryl methyl sites for hydroxylation is 1. The lowest BCUT2D eigenvalue weighted by Gasteiger charge is -2.15. The smallest absolute Gasteiger partial charge is 0.199 e. The van der Waals surface area contributed by atoms with Crippen molar-refractivity contribution in [3.63, 3.8) is 0 Å². The molecule has 0 amide bonds. The van der Waals surface area contributed by atoms with Crippen molar-refractivity contribution in [2.24, 2.45) is 0 Å². The topological polar surface area (TPSA) is 53.1 Å². The molecule has 1 aromatic heterocycles. The van der Waals surface area contributed by atoms with Crippen LogP contribution in [0.3, 0.4) is 0 Å².